The Labute approximate surface area is 96.6 Å². The van der Waals surface area contributed by atoms with E-state index in [0.29, 0.717) is 6.42 Å². The van der Waals surface area contributed by atoms with Crippen LogP contribution < -0.4 is 0 Å². The molecule has 92 valence electrons. The topological polar surface area (TPSA) is 57.6 Å². The zero-order valence-electron chi connectivity index (χ0n) is 10.7. The van der Waals surface area contributed by atoms with Crippen LogP contribution in [0.5, 0.6) is 0 Å². The highest BCUT2D eigenvalue weighted by atomic mass is 16.4. The first-order chi connectivity index (χ1) is 7.13. The molecule has 0 aromatic rings. The van der Waals surface area contributed by atoms with Crippen molar-refractivity contribution < 1.29 is 14.7 Å². The Hall–Kier alpha value is -1.06. The molecule has 1 aliphatic carbocycles. The van der Waals surface area contributed by atoms with Gasteiger partial charge >= 0.3 is 5.97 Å². The summed E-state index contributed by atoms with van der Waals surface area (Å²) in [6.07, 6.45) is 1.35. The van der Waals surface area contributed by atoms with Crippen LogP contribution in [0.4, 0.5) is 0 Å². The summed E-state index contributed by atoms with van der Waals surface area (Å²) in [5.74, 6) is -1.09. The van der Waals surface area contributed by atoms with Crippen molar-refractivity contribution in [3.63, 3.8) is 0 Å². The second-order valence-electron chi connectivity index (χ2n) is 5.75. The summed E-state index contributed by atoms with van der Waals surface area (Å²) in [5, 5.41) is 9.49. The van der Waals surface area contributed by atoms with Crippen molar-refractivity contribution in [1.29, 1.82) is 0 Å². The van der Waals surface area contributed by atoms with E-state index in [1.807, 2.05) is 6.92 Å². The molecular weight excluding hydrogens is 206 g/mol. The third-order valence-electron chi connectivity index (χ3n) is 3.86. The van der Waals surface area contributed by atoms with Crippen molar-refractivity contribution in [2.45, 2.75) is 46.1 Å². The molecule has 1 N–H and O–H groups in total. The molecule has 0 aromatic carbocycles. The Morgan fingerprint density at radius 2 is 1.88 bits per heavy atom. The molecule has 0 aliphatic heterocycles. The number of aliphatic carboxylic acids is 1. The van der Waals surface area contributed by atoms with Gasteiger partial charge in [0.05, 0.1) is 0 Å². The molecule has 1 aliphatic rings. The number of carbonyl (C=O) groups is 2. The number of amides is 1. The van der Waals surface area contributed by atoms with Gasteiger partial charge in [-0.3, -0.25) is 4.79 Å². The second-order valence-corrected chi connectivity index (χ2v) is 5.75. The predicted molar refractivity (Wildman–Crippen MR) is 61.0 cm³/mol. The minimum atomic E-state index is -1.03. The average molecular weight is 227 g/mol. The fourth-order valence-electron chi connectivity index (χ4n) is 3.13. The van der Waals surface area contributed by atoms with Crippen LogP contribution in [-0.4, -0.2) is 34.5 Å². The van der Waals surface area contributed by atoms with Crippen LogP contribution in [-0.2, 0) is 9.59 Å². The largest absolute Gasteiger partial charge is 0.479 e. The summed E-state index contributed by atoms with van der Waals surface area (Å²) in [6.45, 7) is 7.45. The molecule has 1 amide bonds. The first-order valence-electron chi connectivity index (χ1n) is 5.61. The number of likely N-dealkylation sites (N-methyl/N-ethyl adjacent to an activating group) is 1. The number of hydrogen-bond donors (Lipinski definition) is 1. The van der Waals surface area contributed by atoms with Crippen molar-refractivity contribution in [2.75, 3.05) is 7.05 Å². The van der Waals surface area contributed by atoms with Gasteiger partial charge in [-0.05, 0) is 24.2 Å². The fraction of sp³-hybridized carbons (Fsp3) is 0.833. The second kappa shape index (κ2) is 3.75. The van der Waals surface area contributed by atoms with Gasteiger partial charge in [-0.25, -0.2) is 4.79 Å². The van der Waals surface area contributed by atoms with Gasteiger partial charge in [0.15, 0.2) is 0 Å². The smallest absolute Gasteiger partial charge is 0.329 e. The van der Waals surface area contributed by atoms with E-state index in [1.54, 1.807) is 7.05 Å². The van der Waals surface area contributed by atoms with Crippen molar-refractivity contribution in [3.8, 4) is 0 Å². The lowest BCUT2D eigenvalue weighted by Crippen LogP contribution is -2.56. The van der Waals surface area contributed by atoms with E-state index in [-0.39, 0.29) is 17.2 Å². The van der Waals surface area contributed by atoms with Crippen LogP contribution in [0, 0.1) is 11.3 Å². The number of carboxylic acids is 1. The van der Waals surface area contributed by atoms with Gasteiger partial charge in [-0.2, -0.15) is 0 Å². The van der Waals surface area contributed by atoms with Crippen molar-refractivity contribution >= 4 is 11.9 Å². The van der Waals surface area contributed by atoms with E-state index in [4.69, 9.17) is 0 Å². The molecule has 0 aromatic heterocycles. The molecule has 0 radical (unpaired) electrons. The molecule has 16 heavy (non-hydrogen) atoms. The minimum Gasteiger partial charge on any atom is -0.479 e. The SMILES string of the molecule is CC(=O)N(C)C1(C(=O)O)CC(C)(C)CC1C. The minimum absolute atomic E-state index is 0.0195. The summed E-state index contributed by atoms with van der Waals surface area (Å²) in [4.78, 5) is 24.4. The van der Waals surface area contributed by atoms with Gasteiger partial charge in [-0.15, -0.1) is 0 Å². The summed E-state index contributed by atoms with van der Waals surface area (Å²) in [5.41, 5.74) is -1.06. The molecule has 1 saturated carbocycles. The van der Waals surface area contributed by atoms with Gasteiger partial charge in [0.1, 0.15) is 5.54 Å². The van der Waals surface area contributed by atoms with E-state index in [9.17, 15) is 14.7 Å². The molecule has 4 heteroatoms. The third-order valence-corrected chi connectivity index (χ3v) is 3.86. The molecule has 0 bridgehead atoms. The number of nitrogens with zero attached hydrogens (tertiary/aromatic N) is 1. The maximum atomic E-state index is 11.6. The molecule has 0 saturated heterocycles. The molecule has 0 spiro atoms. The monoisotopic (exact) mass is 227 g/mol. The van der Waals surface area contributed by atoms with E-state index < -0.39 is 11.5 Å². The van der Waals surface area contributed by atoms with E-state index >= 15 is 0 Å². The Balaban J connectivity index is 3.18. The number of carbonyl (C=O) groups excluding carboxylic acids is 1. The lowest BCUT2D eigenvalue weighted by atomic mass is 9.85. The van der Waals surface area contributed by atoms with E-state index in [0.717, 1.165) is 6.42 Å². The van der Waals surface area contributed by atoms with Gasteiger partial charge < -0.3 is 10.0 Å². The predicted octanol–water partition coefficient (Wildman–Crippen LogP) is 1.74. The summed E-state index contributed by atoms with van der Waals surface area (Å²) < 4.78 is 0. The van der Waals surface area contributed by atoms with Crippen molar-refractivity contribution in [3.05, 3.63) is 0 Å². The molecule has 1 fully saturated rings. The Bertz CT molecular complexity index is 324. The summed E-state index contributed by atoms with van der Waals surface area (Å²) >= 11 is 0. The lowest BCUT2D eigenvalue weighted by molar-refractivity contribution is -0.159. The molecule has 0 heterocycles. The van der Waals surface area contributed by atoms with Gasteiger partial charge in [0.2, 0.25) is 5.91 Å². The Morgan fingerprint density at radius 3 is 2.12 bits per heavy atom. The highest BCUT2D eigenvalue weighted by molar-refractivity contribution is 5.86. The molecule has 2 atom stereocenters. The number of rotatable bonds is 2. The molecular formula is C12H21NO3. The number of carboxylic acid groups (broad SMARTS) is 1. The highest BCUT2D eigenvalue weighted by Gasteiger charge is 2.57. The van der Waals surface area contributed by atoms with Crippen LogP contribution >= 0.6 is 0 Å². The van der Waals surface area contributed by atoms with Crippen LogP contribution in [0.25, 0.3) is 0 Å². The zero-order chi connectivity index (χ0) is 12.7. The maximum Gasteiger partial charge on any atom is 0.329 e. The van der Waals surface area contributed by atoms with E-state index in [2.05, 4.69) is 13.8 Å². The van der Waals surface area contributed by atoms with Gasteiger partial charge in [0, 0.05) is 14.0 Å². The summed E-state index contributed by atoms with van der Waals surface area (Å²) in [6, 6.07) is 0. The first-order valence-corrected chi connectivity index (χ1v) is 5.61. The Morgan fingerprint density at radius 1 is 1.38 bits per heavy atom. The molecule has 4 nitrogen and oxygen atoms in total. The standard InChI is InChI=1S/C12H21NO3/c1-8-6-11(3,4)7-12(8,10(15)16)13(5)9(2)14/h8H,6-7H2,1-5H3,(H,15,16). The Kier molecular flexibility index (Phi) is 3.05. The van der Waals surface area contributed by atoms with Gasteiger partial charge in [0.25, 0.3) is 0 Å². The van der Waals surface area contributed by atoms with Crippen LogP contribution in [0.1, 0.15) is 40.5 Å². The normalized spacial score (nSPS) is 32.4. The van der Waals surface area contributed by atoms with Crippen molar-refractivity contribution in [1.82, 2.24) is 4.90 Å². The number of hydrogen-bond acceptors (Lipinski definition) is 2. The fourth-order valence-corrected chi connectivity index (χ4v) is 3.13. The zero-order valence-corrected chi connectivity index (χ0v) is 10.7. The summed E-state index contributed by atoms with van der Waals surface area (Å²) in [7, 11) is 1.59. The lowest BCUT2D eigenvalue weighted by Gasteiger charge is -2.38. The van der Waals surface area contributed by atoms with E-state index in [1.165, 1.54) is 11.8 Å². The quantitative estimate of drug-likeness (QED) is 0.781. The van der Waals surface area contributed by atoms with Crippen molar-refractivity contribution in [2.24, 2.45) is 11.3 Å². The third kappa shape index (κ3) is 1.81. The van der Waals surface area contributed by atoms with Crippen LogP contribution in [0.3, 0.4) is 0 Å². The molecule has 2 unspecified atom stereocenters. The highest BCUT2D eigenvalue weighted by Crippen LogP contribution is 2.50. The maximum absolute atomic E-state index is 11.6. The van der Waals surface area contributed by atoms with Crippen LogP contribution in [0.15, 0.2) is 0 Å². The van der Waals surface area contributed by atoms with Gasteiger partial charge in [-0.1, -0.05) is 20.8 Å². The van der Waals surface area contributed by atoms with Crippen LogP contribution in [0.2, 0.25) is 0 Å². The molecule has 1 rings (SSSR count). The first kappa shape index (κ1) is 13.0. The average Bonchev–Trinajstić information content (AvgIpc) is 2.35.